The Morgan fingerprint density at radius 3 is 2.32 bits per heavy atom. The third-order valence-corrected chi connectivity index (χ3v) is 3.45. The highest BCUT2D eigenvalue weighted by Crippen LogP contribution is 2.38. The number of nitrogens with zero attached hydrogens (tertiary/aromatic N) is 3. The fourth-order valence-electron chi connectivity index (χ4n) is 2.08. The van der Waals surface area contributed by atoms with Gasteiger partial charge < -0.3 is 5.73 Å². The number of hydrogen-bond donors (Lipinski definition) is 1. The van der Waals surface area contributed by atoms with Crippen molar-refractivity contribution in [2.24, 2.45) is 0 Å². The molecule has 0 amide bonds. The van der Waals surface area contributed by atoms with Crippen LogP contribution in [-0.4, -0.2) is 15.0 Å². The summed E-state index contributed by atoms with van der Waals surface area (Å²) in [7, 11) is 0. The van der Waals surface area contributed by atoms with Crippen LogP contribution in [0, 0.1) is 0 Å². The first-order valence-electron chi connectivity index (χ1n) is 6.75. The Morgan fingerprint density at radius 2 is 1.74 bits per heavy atom. The van der Waals surface area contributed by atoms with Crippen molar-refractivity contribution >= 4 is 5.95 Å². The van der Waals surface area contributed by atoms with Gasteiger partial charge in [0.1, 0.15) is 5.82 Å². The Bertz CT molecular complexity index is 586. The van der Waals surface area contributed by atoms with E-state index < -0.39 is 0 Å². The largest absolute Gasteiger partial charge is 0.368 e. The van der Waals surface area contributed by atoms with Gasteiger partial charge in [0.15, 0.2) is 5.82 Å². The molecule has 2 aromatic rings. The molecule has 1 aliphatic rings. The van der Waals surface area contributed by atoms with Crippen molar-refractivity contribution < 1.29 is 0 Å². The van der Waals surface area contributed by atoms with E-state index in [9.17, 15) is 0 Å². The SMILES string of the molecule is CC(C)c1ccc(-c2nc(N)nc(C3CC3)n2)cc1. The summed E-state index contributed by atoms with van der Waals surface area (Å²) in [6.45, 7) is 4.36. The topological polar surface area (TPSA) is 64.7 Å². The van der Waals surface area contributed by atoms with Gasteiger partial charge in [0.2, 0.25) is 5.95 Å². The van der Waals surface area contributed by atoms with Crippen molar-refractivity contribution in [2.75, 3.05) is 5.73 Å². The van der Waals surface area contributed by atoms with Crippen molar-refractivity contribution in [1.29, 1.82) is 0 Å². The average molecular weight is 254 g/mol. The van der Waals surface area contributed by atoms with Crippen LogP contribution in [0.5, 0.6) is 0 Å². The van der Waals surface area contributed by atoms with Crippen molar-refractivity contribution in [3.63, 3.8) is 0 Å². The number of benzene rings is 1. The fraction of sp³-hybridized carbons (Fsp3) is 0.400. The second-order valence-corrected chi connectivity index (χ2v) is 5.43. The van der Waals surface area contributed by atoms with Gasteiger partial charge in [-0.15, -0.1) is 0 Å². The summed E-state index contributed by atoms with van der Waals surface area (Å²) in [5.74, 6) is 2.86. The molecule has 0 spiro atoms. The molecule has 1 aliphatic carbocycles. The quantitative estimate of drug-likeness (QED) is 0.914. The van der Waals surface area contributed by atoms with Gasteiger partial charge in [-0.05, 0) is 24.3 Å². The van der Waals surface area contributed by atoms with Crippen LogP contribution in [0.4, 0.5) is 5.95 Å². The first-order valence-corrected chi connectivity index (χ1v) is 6.75. The summed E-state index contributed by atoms with van der Waals surface area (Å²) in [5.41, 5.74) is 8.09. The molecule has 0 atom stereocenters. The van der Waals surface area contributed by atoms with E-state index in [1.54, 1.807) is 0 Å². The third-order valence-electron chi connectivity index (χ3n) is 3.45. The second-order valence-electron chi connectivity index (χ2n) is 5.43. The molecule has 0 saturated heterocycles. The van der Waals surface area contributed by atoms with E-state index in [0.717, 1.165) is 24.2 Å². The molecule has 1 aromatic carbocycles. The molecule has 4 nitrogen and oxygen atoms in total. The first-order chi connectivity index (χ1) is 9.13. The van der Waals surface area contributed by atoms with Crippen molar-refractivity contribution in [3.05, 3.63) is 35.7 Å². The van der Waals surface area contributed by atoms with Crippen molar-refractivity contribution in [1.82, 2.24) is 15.0 Å². The Kier molecular flexibility index (Phi) is 2.93. The van der Waals surface area contributed by atoms with Crippen LogP contribution in [-0.2, 0) is 0 Å². The molecule has 98 valence electrons. The van der Waals surface area contributed by atoms with Gasteiger partial charge in [0, 0.05) is 11.5 Å². The number of nitrogens with two attached hydrogens (primary N) is 1. The summed E-state index contributed by atoms with van der Waals surface area (Å²) >= 11 is 0. The van der Waals surface area contributed by atoms with E-state index in [-0.39, 0.29) is 0 Å². The molecule has 1 saturated carbocycles. The van der Waals surface area contributed by atoms with Crippen molar-refractivity contribution in [2.45, 2.75) is 38.5 Å². The van der Waals surface area contributed by atoms with Gasteiger partial charge in [-0.1, -0.05) is 38.1 Å². The highest BCUT2D eigenvalue weighted by molar-refractivity contribution is 5.56. The molecule has 2 N–H and O–H groups in total. The van der Waals surface area contributed by atoms with E-state index in [2.05, 4.69) is 53.1 Å². The predicted molar refractivity (Wildman–Crippen MR) is 75.7 cm³/mol. The van der Waals surface area contributed by atoms with E-state index >= 15 is 0 Å². The fourth-order valence-corrected chi connectivity index (χ4v) is 2.08. The molecule has 0 aliphatic heterocycles. The lowest BCUT2D eigenvalue weighted by Gasteiger charge is -2.07. The Morgan fingerprint density at radius 1 is 1.05 bits per heavy atom. The molecular weight excluding hydrogens is 236 g/mol. The van der Waals surface area contributed by atoms with Gasteiger partial charge in [0.25, 0.3) is 0 Å². The maximum absolute atomic E-state index is 5.78. The van der Waals surface area contributed by atoms with Crippen molar-refractivity contribution in [3.8, 4) is 11.4 Å². The molecule has 0 unspecified atom stereocenters. The van der Waals surface area contributed by atoms with Crippen LogP contribution in [0.15, 0.2) is 24.3 Å². The van der Waals surface area contributed by atoms with Crippen LogP contribution in [0.2, 0.25) is 0 Å². The molecule has 1 aromatic heterocycles. The van der Waals surface area contributed by atoms with Crippen LogP contribution in [0.25, 0.3) is 11.4 Å². The smallest absolute Gasteiger partial charge is 0.223 e. The Labute approximate surface area is 113 Å². The van der Waals surface area contributed by atoms with Crippen LogP contribution in [0.3, 0.4) is 0 Å². The Balaban J connectivity index is 1.96. The zero-order chi connectivity index (χ0) is 13.4. The van der Waals surface area contributed by atoms with Gasteiger partial charge in [-0.25, -0.2) is 4.98 Å². The lowest BCUT2D eigenvalue weighted by molar-refractivity contribution is 0.866. The number of rotatable bonds is 3. The molecular formula is C15H18N4. The number of hydrogen-bond acceptors (Lipinski definition) is 4. The third kappa shape index (κ3) is 2.57. The molecule has 0 bridgehead atoms. The number of aromatic nitrogens is 3. The summed E-state index contributed by atoms with van der Waals surface area (Å²) in [5, 5.41) is 0. The molecule has 4 heteroatoms. The molecule has 1 fully saturated rings. The lowest BCUT2D eigenvalue weighted by atomic mass is 10.0. The maximum Gasteiger partial charge on any atom is 0.223 e. The Hall–Kier alpha value is -1.97. The lowest BCUT2D eigenvalue weighted by Crippen LogP contribution is -2.04. The molecule has 1 heterocycles. The van der Waals surface area contributed by atoms with E-state index in [1.165, 1.54) is 5.56 Å². The van der Waals surface area contributed by atoms with Gasteiger partial charge in [0.05, 0.1) is 0 Å². The van der Waals surface area contributed by atoms with Crippen LogP contribution in [0.1, 0.15) is 49.9 Å². The highest BCUT2D eigenvalue weighted by atomic mass is 15.1. The van der Waals surface area contributed by atoms with Gasteiger partial charge in [-0.3, -0.25) is 0 Å². The molecule has 3 rings (SSSR count). The van der Waals surface area contributed by atoms with Crippen LogP contribution >= 0.6 is 0 Å². The number of anilines is 1. The van der Waals surface area contributed by atoms with E-state index in [1.807, 2.05) is 0 Å². The predicted octanol–water partition coefficient (Wildman–Crippen LogP) is 3.12. The minimum absolute atomic E-state index is 0.319. The minimum atomic E-state index is 0.319. The maximum atomic E-state index is 5.78. The normalized spacial score (nSPS) is 14.9. The summed E-state index contributed by atoms with van der Waals surface area (Å²) in [4.78, 5) is 13.0. The molecule has 0 radical (unpaired) electrons. The highest BCUT2D eigenvalue weighted by Gasteiger charge is 2.27. The van der Waals surface area contributed by atoms with E-state index in [0.29, 0.717) is 23.6 Å². The first kappa shape index (κ1) is 12.1. The monoisotopic (exact) mass is 254 g/mol. The second kappa shape index (κ2) is 4.61. The average Bonchev–Trinajstić information content (AvgIpc) is 3.22. The van der Waals surface area contributed by atoms with E-state index in [4.69, 9.17) is 5.73 Å². The van der Waals surface area contributed by atoms with Gasteiger partial charge in [-0.2, -0.15) is 9.97 Å². The molecule has 19 heavy (non-hydrogen) atoms. The standard InChI is InChI=1S/C15H18N4/c1-9(2)10-3-5-11(6-4-10)13-17-14(12-7-8-12)19-15(16)18-13/h3-6,9,12H,7-8H2,1-2H3,(H2,16,17,18,19). The van der Waals surface area contributed by atoms with Crippen LogP contribution < -0.4 is 5.73 Å². The van der Waals surface area contributed by atoms with Gasteiger partial charge >= 0.3 is 0 Å². The minimum Gasteiger partial charge on any atom is -0.368 e. The summed E-state index contributed by atoms with van der Waals surface area (Å²) in [6, 6.07) is 8.36. The summed E-state index contributed by atoms with van der Waals surface area (Å²) < 4.78 is 0. The number of nitrogen functional groups attached to an aromatic ring is 1. The zero-order valence-corrected chi connectivity index (χ0v) is 11.3. The zero-order valence-electron chi connectivity index (χ0n) is 11.3. The summed E-state index contributed by atoms with van der Waals surface area (Å²) in [6.07, 6.45) is 2.32.